The maximum Gasteiger partial charge on any atom is 0.333 e. The molecule has 118 valence electrons. The van der Waals surface area contributed by atoms with Crippen LogP contribution < -0.4 is 0 Å². The molecule has 0 heterocycles. The predicted octanol–water partition coefficient (Wildman–Crippen LogP) is 4.49. The number of carbonyl (C=O) groups excluding carboxylic acids is 2. The Bertz CT molecular complexity index is 293. The van der Waals surface area contributed by atoms with Crippen LogP contribution in [0.3, 0.4) is 0 Å². The van der Waals surface area contributed by atoms with Gasteiger partial charge >= 0.3 is 5.97 Å². The van der Waals surface area contributed by atoms with Crippen LogP contribution in [0.25, 0.3) is 0 Å². The van der Waals surface area contributed by atoms with Gasteiger partial charge in [-0.3, -0.25) is 4.79 Å². The lowest BCUT2D eigenvalue weighted by Crippen LogP contribution is -2.05. The van der Waals surface area contributed by atoms with Crippen molar-refractivity contribution in [2.75, 3.05) is 6.61 Å². The van der Waals surface area contributed by atoms with Crippen LogP contribution >= 0.6 is 25.0 Å². The number of unbranched alkanes of at least 4 members (excludes halogenated alkanes) is 7. The summed E-state index contributed by atoms with van der Waals surface area (Å²) in [6.45, 7) is 5.68. The van der Waals surface area contributed by atoms with Gasteiger partial charge in [0.2, 0.25) is 0 Å². The average molecular weight is 323 g/mol. The number of ether oxygens (including phenoxy) is 1. The van der Waals surface area contributed by atoms with Crippen molar-refractivity contribution >= 4 is 36.1 Å². The van der Waals surface area contributed by atoms with Crippen molar-refractivity contribution in [3.05, 3.63) is 12.2 Å². The monoisotopic (exact) mass is 322 g/mol. The van der Waals surface area contributed by atoms with E-state index in [1.165, 1.54) is 25.7 Å². The van der Waals surface area contributed by atoms with Crippen molar-refractivity contribution in [1.82, 2.24) is 0 Å². The smallest absolute Gasteiger partial charge is 0.333 e. The van der Waals surface area contributed by atoms with E-state index in [0.717, 1.165) is 25.7 Å². The van der Waals surface area contributed by atoms with Gasteiger partial charge in [0, 0.05) is 12.0 Å². The highest BCUT2D eigenvalue weighted by atomic mass is 35.5. The van der Waals surface area contributed by atoms with Gasteiger partial charge < -0.3 is 4.74 Å². The van der Waals surface area contributed by atoms with E-state index in [1.807, 2.05) is 0 Å². The second-order valence-electron chi connectivity index (χ2n) is 4.89. The van der Waals surface area contributed by atoms with E-state index in [0.29, 0.717) is 18.6 Å². The summed E-state index contributed by atoms with van der Waals surface area (Å²) in [4.78, 5) is 21.7. The molecule has 0 bridgehead atoms. The zero-order valence-corrected chi connectivity index (χ0v) is 14.1. The van der Waals surface area contributed by atoms with Crippen LogP contribution in [0.2, 0.25) is 0 Å². The Morgan fingerprint density at radius 2 is 1.40 bits per heavy atom. The quantitative estimate of drug-likeness (QED) is 0.249. The third-order valence-corrected chi connectivity index (χ3v) is 3.09. The maximum atomic E-state index is 11.1. The molecule has 0 aliphatic carbocycles. The van der Waals surface area contributed by atoms with Crippen molar-refractivity contribution in [3.63, 3.8) is 0 Å². The number of rotatable bonds is 12. The Morgan fingerprint density at radius 3 is 1.85 bits per heavy atom. The fraction of sp³-hybridized carbons (Fsp3) is 0.733. The first kappa shape index (κ1) is 21.8. The first-order valence-corrected chi connectivity index (χ1v) is 7.53. The summed E-state index contributed by atoms with van der Waals surface area (Å²) in [5.74, 6) is -0.293. The third-order valence-electron chi connectivity index (χ3n) is 2.87. The highest BCUT2D eigenvalue weighted by Gasteiger charge is 2.01. The molecule has 0 saturated heterocycles. The highest BCUT2D eigenvalue weighted by molar-refractivity contribution is 7.96. The van der Waals surface area contributed by atoms with Crippen LogP contribution in [0, 0.1) is 0 Å². The molecule has 0 atom stereocenters. The maximum absolute atomic E-state index is 11.1. The minimum absolute atomic E-state index is 0. The van der Waals surface area contributed by atoms with Crippen molar-refractivity contribution in [1.29, 1.82) is 0 Å². The fourth-order valence-corrected chi connectivity index (χ4v) is 1.89. The minimum Gasteiger partial charge on any atom is -0.462 e. The molecular formula is C15H27ClO3S. The van der Waals surface area contributed by atoms with Crippen LogP contribution in [0.1, 0.15) is 64.7 Å². The summed E-state index contributed by atoms with van der Waals surface area (Å²) in [6, 6.07) is 0. The lowest BCUT2D eigenvalue weighted by atomic mass is 10.1. The van der Waals surface area contributed by atoms with Gasteiger partial charge in [0.05, 0.1) is 6.61 Å². The molecule has 0 aliphatic rings. The standard InChI is InChI=1S/C15H26O3S.ClH/c1-13(2)15(17)18-12-10-8-6-4-3-5-7-9-11-14(16)19;/h1,3-12H2,2H3,(H,16,19);1H. The highest BCUT2D eigenvalue weighted by Crippen LogP contribution is 2.10. The van der Waals surface area contributed by atoms with Gasteiger partial charge in [0.25, 0.3) is 0 Å². The van der Waals surface area contributed by atoms with E-state index in [9.17, 15) is 9.59 Å². The van der Waals surface area contributed by atoms with E-state index in [-0.39, 0.29) is 23.5 Å². The number of carbonyl (C=O) groups is 2. The first-order valence-electron chi connectivity index (χ1n) is 7.08. The van der Waals surface area contributed by atoms with E-state index >= 15 is 0 Å². The van der Waals surface area contributed by atoms with E-state index < -0.39 is 0 Å². The van der Waals surface area contributed by atoms with Crippen LogP contribution in [-0.2, 0) is 14.3 Å². The molecule has 0 aromatic rings. The summed E-state index contributed by atoms with van der Waals surface area (Å²) in [5.41, 5.74) is 0.458. The van der Waals surface area contributed by atoms with Gasteiger partial charge in [0.1, 0.15) is 0 Å². The Kier molecular flexibility index (Phi) is 16.3. The SMILES string of the molecule is C=C(C)C(=O)OCCCCCCCCCCC(=O)S.Cl. The van der Waals surface area contributed by atoms with Crippen LogP contribution in [0.5, 0.6) is 0 Å². The molecule has 5 heteroatoms. The molecule has 0 N–H and O–H groups in total. The van der Waals surface area contributed by atoms with E-state index in [1.54, 1.807) is 6.92 Å². The van der Waals surface area contributed by atoms with Gasteiger partial charge in [0.15, 0.2) is 5.12 Å². The number of halogens is 1. The summed E-state index contributed by atoms with van der Waals surface area (Å²) in [5, 5.41) is -0.00990. The predicted molar refractivity (Wildman–Crippen MR) is 88.6 cm³/mol. The van der Waals surface area contributed by atoms with Gasteiger partial charge in [-0.05, 0) is 19.8 Å². The van der Waals surface area contributed by atoms with Crippen LogP contribution in [0.15, 0.2) is 12.2 Å². The average Bonchev–Trinajstić information content (AvgIpc) is 2.35. The minimum atomic E-state index is -0.293. The van der Waals surface area contributed by atoms with Gasteiger partial charge in [-0.15, -0.1) is 25.0 Å². The van der Waals surface area contributed by atoms with Gasteiger partial charge in [-0.2, -0.15) is 0 Å². The molecule has 0 aromatic heterocycles. The van der Waals surface area contributed by atoms with E-state index in [2.05, 4.69) is 19.2 Å². The summed E-state index contributed by atoms with van der Waals surface area (Å²) in [7, 11) is 0. The van der Waals surface area contributed by atoms with Crippen molar-refractivity contribution in [2.24, 2.45) is 0 Å². The Labute approximate surface area is 134 Å². The molecular weight excluding hydrogens is 296 g/mol. The zero-order chi connectivity index (χ0) is 14.5. The molecule has 0 fully saturated rings. The van der Waals surface area contributed by atoms with E-state index in [4.69, 9.17) is 4.74 Å². The normalized spacial score (nSPS) is 9.70. The van der Waals surface area contributed by atoms with Crippen molar-refractivity contribution in [3.8, 4) is 0 Å². The molecule has 0 amide bonds. The van der Waals surface area contributed by atoms with Crippen molar-refractivity contribution < 1.29 is 14.3 Å². The molecule has 0 aromatic carbocycles. The molecule has 0 aliphatic heterocycles. The molecule has 3 nitrogen and oxygen atoms in total. The van der Waals surface area contributed by atoms with Gasteiger partial charge in [-0.1, -0.05) is 45.1 Å². The summed E-state index contributed by atoms with van der Waals surface area (Å²) >= 11 is 3.74. The Hall–Kier alpha value is -0.480. The van der Waals surface area contributed by atoms with Gasteiger partial charge in [-0.25, -0.2) is 4.79 Å². The number of hydrogen-bond donors (Lipinski definition) is 1. The molecule has 0 unspecified atom stereocenters. The third kappa shape index (κ3) is 15.6. The molecule has 0 saturated carbocycles. The fourth-order valence-electron chi connectivity index (χ4n) is 1.73. The first-order chi connectivity index (χ1) is 9.04. The largest absolute Gasteiger partial charge is 0.462 e. The molecule has 0 spiro atoms. The summed E-state index contributed by atoms with van der Waals surface area (Å²) in [6.07, 6.45) is 9.47. The zero-order valence-electron chi connectivity index (χ0n) is 12.4. The molecule has 0 rings (SSSR count). The number of hydrogen-bond acceptors (Lipinski definition) is 3. The second kappa shape index (κ2) is 14.9. The molecule has 20 heavy (non-hydrogen) atoms. The Morgan fingerprint density at radius 1 is 0.950 bits per heavy atom. The lowest BCUT2D eigenvalue weighted by Gasteiger charge is -2.04. The lowest BCUT2D eigenvalue weighted by molar-refractivity contribution is -0.139. The van der Waals surface area contributed by atoms with Crippen molar-refractivity contribution in [2.45, 2.75) is 64.7 Å². The second-order valence-corrected chi connectivity index (χ2v) is 5.39. The number of esters is 1. The van der Waals surface area contributed by atoms with Crippen LogP contribution in [0.4, 0.5) is 0 Å². The van der Waals surface area contributed by atoms with Crippen LogP contribution in [-0.4, -0.2) is 17.7 Å². The Balaban J connectivity index is 0. The topological polar surface area (TPSA) is 43.4 Å². The summed E-state index contributed by atoms with van der Waals surface area (Å²) < 4.78 is 5.01. The number of thiol groups is 1. The molecule has 0 radical (unpaired) electrons.